The van der Waals surface area contributed by atoms with Gasteiger partial charge < -0.3 is 16.0 Å². The van der Waals surface area contributed by atoms with E-state index in [9.17, 15) is 17.6 Å². The van der Waals surface area contributed by atoms with Crippen LogP contribution in [0.25, 0.3) is 0 Å². The quantitative estimate of drug-likeness (QED) is 0.640. The van der Waals surface area contributed by atoms with Crippen molar-refractivity contribution < 1.29 is 17.6 Å². The molecule has 0 heterocycles. The first kappa shape index (κ1) is 20.7. The molecule has 146 valence electrons. The van der Waals surface area contributed by atoms with Crippen LogP contribution < -0.4 is 16.0 Å². The third-order valence-corrected chi connectivity index (χ3v) is 5.52. The summed E-state index contributed by atoms with van der Waals surface area (Å²) in [6, 6.07) is 10.1. The highest BCUT2D eigenvalue weighted by Crippen LogP contribution is 2.26. The fourth-order valence-corrected chi connectivity index (χ4v) is 3.23. The number of nitrogens with zero attached hydrogens (tertiary/aromatic N) is 1. The predicted molar refractivity (Wildman–Crippen MR) is 105 cm³/mol. The van der Waals surface area contributed by atoms with E-state index in [0.29, 0.717) is 23.6 Å². The first-order valence-corrected chi connectivity index (χ1v) is 9.77. The molecule has 1 amide bonds. The molecule has 0 saturated carbocycles. The van der Waals surface area contributed by atoms with Crippen molar-refractivity contribution in [3.8, 4) is 0 Å². The summed E-state index contributed by atoms with van der Waals surface area (Å²) in [6.07, 6.45) is 0. The zero-order chi connectivity index (χ0) is 20.0. The highest BCUT2D eigenvalue weighted by atomic mass is 32.2. The van der Waals surface area contributed by atoms with E-state index in [4.69, 9.17) is 0 Å². The zero-order valence-electron chi connectivity index (χ0n) is 15.4. The van der Waals surface area contributed by atoms with Crippen LogP contribution in [0.2, 0.25) is 0 Å². The number of hydrogen-bond donors (Lipinski definition) is 3. The minimum Gasteiger partial charge on any atom is -0.384 e. The van der Waals surface area contributed by atoms with Gasteiger partial charge in [0.2, 0.25) is 15.9 Å². The van der Waals surface area contributed by atoms with Gasteiger partial charge in [-0.15, -0.1) is 0 Å². The number of sulfonamides is 1. The van der Waals surface area contributed by atoms with Crippen molar-refractivity contribution in [2.45, 2.75) is 11.8 Å². The number of nitrogens with one attached hydrogen (secondary N) is 3. The fourth-order valence-electron chi connectivity index (χ4n) is 2.30. The Kier molecular flexibility index (Phi) is 6.75. The second-order valence-electron chi connectivity index (χ2n) is 5.93. The van der Waals surface area contributed by atoms with Gasteiger partial charge in [0, 0.05) is 26.3 Å². The lowest BCUT2D eigenvalue weighted by atomic mass is 10.2. The lowest BCUT2D eigenvalue weighted by Gasteiger charge is -2.17. The summed E-state index contributed by atoms with van der Waals surface area (Å²) in [6.45, 7) is 2.47. The molecule has 0 unspecified atom stereocenters. The molecule has 2 aromatic rings. The van der Waals surface area contributed by atoms with Gasteiger partial charge in [0.25, 0.3) is 0 Å². The van der Waals surface area contributed by atoms with E-state index >= 15 is 0 Å². The molecule has 0 fully saturated rings. The van der Waals surface area contributed by atoms with Gasteiger partial charge in [0.1, 0.15) is 5.82 Å². The van der Waals surface area contributed by atoms with Crippen LogP contribution in [0.3, 0.4) is 0 Å². The van der Waals surface area contributed by atoms with Crippen LogP contribution >= 0.6 is 0 Å². The number of amides is 1. The maximum atomic E-state index is 12.9. The summed E-state index contributed by atoms with van der Waals surface area (Å²) in [5, 5.41) is 8.71. The van der Waals surface area contributed by atoms with Crippen LogP contribution in [0, 0.1) is 5.82 Å². The SMILES string of the molecule is CCNc1ccc(S(=O)(=O)N(C)C)cc1NCC(=O)Nc1ccc(F)cc1. The Labute approximate surface area is 158 Å². The number of hydrogen-bond acceptors (Lipinski definition) is 5. The Morgan fingerprint density at radius 3 is 2.30 bits per heavy atom. The van der Waals surface area contributed by atoms with E-state index in [2.05, 4.69) is 16.0 Å². The Morgan fingerprint density at radius 2 is 1.70 bits per heavy atom. The molecule has 0 spiro atoms. The first-order valence-electron chi connectivity index (χ1n) is 8.33. The van der Waals surface area contributed by atoms with Gasteiger partial charge in [-0.2, -0.15) is 0 Å². The Balaban J connectivity index is 2.15. The van der Waals surface area contributed by atoms with Gasteiger partial charge in [-0.25, -0.2) is 17.1 Å². The second-order valence-corrected chi connectivity index (χ2v) is 8.09. The van der Waals surface area contributed by atoms with Crippen molar-refractivity contribution in [2.24, 2.45) is 0 Å². The summed E-state index contributed by atoms with van der Waals surface area (Å²) in [5.41, 5.74) is 1.65. The van der Waals surface area contributed by atoms with Gasteiger partial charge in [0.05, 0.1) is 22.8 Å². The van der Waals surface area contributed by atoms with E-state index in [-0.39, 0.29) is 23.2 Å². The first-order chi connectivity index (χ1) is 12.7. The zero-order valence-corrected chi connectivity index (χ0v) is 16.2. The summed E-state index contributed by atoms with van der Waals surface area (Å²) < 4.78 is 38.7. The molecule has 27 heavy (non-hydrogen) atoms. The molecule has 2 rings (SSSR count). The predicted octanol–water partition coefficient (Wildman–Crippen LogP) is 2.56. The Bertz CT molecular complexity index is 899. The van der Waals surface area contributed by atoms with E-state index in [0.717, 1.165) is 4.31 Å². The van der Waals surface area contributed by atoms with E-state index < -0.39 is 10.0 Å². The third-order valence-electron chi connectivity index (χ3n) is 3.70. The molecule has 2 aromatic carbocycles. The summed E-state index contributed by atoms with van der Waals surface area (Å²) >= 11 is 0. The smallest absolute Gasteiger partial charge is 0.243 e. The number of carbonyl (C=O) groups is 1. The minimum atomic E-state index is -3.59. The number of halogens is 1. The summed E-state index contributed by atoms with van der Waals surface area (Å²) in [7, 11) is -0.683. The summed E-state index contributed by atoms with van der Waals surface area (Å²) in [4.78, 5) is 12.2. The van der Waals surface area contributed by atoms with Gasteiger partial charge in [0.15, 0.2) is 0 Å². The molecule has 3 N–H and O–H groups in total. The summed E-state index contributed by atoms with van der Waals surface area (Å²) in [5.74, 6) is -0.731. The van der Waals surface area contributed by atoms with Crippen molar-refractivity contribution in [2.75, 3.05) is 43.1 Å². The largest absolute Gasteiger partial charge is 0.384 e. The molecule has 9 heteroatoms. The van der Waals surface area contributed by atoms with E-state index in [1.165, 1.54) is 50.5 Å². The molecule has 0 aromatic heterocycles. The van der Waals surface area contributed by atoms with Crippen molar-refractivity contribution in [1.29, 1.82) is 0 Å². The molecule has 0 bridgehead atoms. The molecule has 0 atom stereocenters. The monoisotopic (exact) mass is 394 g/mol. The molecule has 0 aliphatic heterocycles. The van der Waals surface area contributed by atoms with Crippen LogP contribution in [0.4, 0.5) is 21.5 Å². The highest BCUT2D eigenvalue weighted by molar-refractivity contribution is 7.89. The van der Waals surface area contributed by atoms with Gasteiger partial charge in [-0.3, -0.25) is 4.79 Å². The molecule has 0 radical (unpaired) electrons. The van der Waals surface area contributed by atoms with Crippen LogP contribution in [-0.4, -0.2) is 45.8 Å². The molecular weight excluding hydrogens is 371 g/mol. The van der Waals surface area contributed by atoms with Gasteiger partial charge >= 0.3 is 0 Å². The van der Waals surface area contributed by atoms with Crippen molar-refractivity contribution >= 4 is 33.0 Å². The highest BCUT2D eigenvalue weighted by Gasteiger charge is 2.19. The Morgan fingerprint density at radius 1 is 1.04 bits per heavy atom. The molecule has 0 aliphatic carbocycles. The lowest BCUT2D eigenvalue weighted by Crippen LogP contribution is -2.24. The van der Waals surface area contributed by atoms with E-state index in [1.54, 1.807) is 6.07 Å². The maximum Gasteiger partial charge on any atom is 0.243 e. The molecule has 0 aliphatic rings. The lowest BCUT2D eigenvalue weighted by molar-refractivity contribution is -0.114. The van der Waals surface area contributed by atoms with Crippen molar-refractivity contribution in [3.05, 3.63) is 48.3 Å². The average molecular weight is 394 g/mol. The number of benzene rings is 2. The second kappa shape index (κ2) is 8.83. The molecule has 0 saturated heterocycles. The van der Waals surface area contributed by atoms with Crippen LogP contribution in [0.5, 0.6) is 0 Å². The third kappa shape index (κ3) is 5.41. The minimum absolute atomic E-state index is 0.0821. The van der Waals surface area contributed by atoms with Crippen LogP contribution in [-0.2, 0) is 14.8 Å². The standard InChI is InChI=1S/C18H23FN4O3S/c1-4-20-16-10-9-15(27(25,26)23(2)3)11-17(16)21-12-18(24)22-14-7-5-13(19)6-8-14/h5-11,20-21H,4,12H2,1-3H3,(H,22,24). The number of anilines is 3. The average Bonchev–Trinajstić information content (AvgIpc) is 2.62. The van der Waals surface area contributed by atoms with Crippen molar-refractivity contribution in [3.63, 3.8) is 0 Å². The van der Waals surface area contributed by atoms with Gasteiger partial charge in [-0.05, 0) is 49.4 Å². The fraction of sp³-hybridized carbons (Fsp3) is 0.278. The van der Waals surface area contributed by atoms with Crippen LogP contribution in [0.15, 0.2) is 47.4 Å². The normalized spacial score (nSPS) is 11.3. The molecule has 7 nitrogen and oxygen atoms in total. The van der Waals surface area contributed by atoms with Crippen molar-refractivity contribution in [1.82, 2.24) is 4.31 Å². The number of carbonyl (C=O) groups excluding carboxylic acids is 1. The van der Waals surface area contributed by atoms with Gasteiger partial charge in [-0.1, -0.05) is 0 Å². The van der Waals surface area contributed by atoms with E-state index in [1.807, 2.05) is 6.92 Å². The number of rotatable bonds is 8. The van der Waals surface area contributed by atoms with Crippen LogP contribution in [0.1, 0.15) is 6.92 Å². The Hall–Kier alpha value is -2.65. The molecular formula is C18H23FN4O3S. The maximum absolute atomic E-state index is 12.9. The topological polar surface area (TPSA) is 90.5 Å².